The zero-order valence-corrected chi connectivity index (χ0v) is 18.4. The Morgan fingerprint density at radius 3 is 2.83 bits per heavy atom. The van der Waals surface area contributed by atoms with Crippen LogP contribution in [-0.2, 0) is 11.3 Å². The lowest BCUT2D eigenvalue weighted by molar-refractivity contribution is 0.185. The van der Waals surface area contributed by atoms with Crippen LogP contribution >= 0.6 is 0 Å². The summed E-state index contributed by atoms with van der Waals surface area (Å²) in [5.74, 6) is 2.16. The van der Waals surface area contributed by atoms with Gasteiger partial charge in [-0.3, -0.25) is 4.68 Å². The van der Waals surface area contributed by atoms with E-state index in [1.807, 2.05) is 30.7 Å². The van der Waals surface area contributed by atoms with Crippen LogP contribution in [0, 0.1) is 13.8 Å². The van der Waals surface area contributed by atoms with Gasteiger partial charge in [-0.25, -0.2) is 9.97 Å². The first kappa shape index (κ1) is 20.5. The molecular weight excluding hydrogens is 380 g/mol. The van der Waals surface area contributed by atoms with Gasteiger partial charge in [0.2, 0.25) is 5.95 Å². The summed E-state index contributed by atoms with van der Waals surface area (Å²) in [6.07, 6.45) is 2.90. The molecule has 4 heterocycles. The van der Waals surface area contributed by atoms with Gasteiger partial charge in [0.1, 0.15) is 16.9 Å². The largest absolute Gasteiger partial charge is 0.383 e. The maximum absolute atomic E-state index is 5.27. The van der Waals surface area contributed by atoms with E-state index in [-0.39, 0.29) is 0 Å². The van der Waals surface area contributed by atoms with Crippen LogP contribution in [-0.4, -0.2) is 76.6 Å². The number of aryl methyl sites for hydroxylation is 2. The average Bonchev–Trinajstić information content (AvgIpc) is 3.29. The predicted molar refractivity (Wildman–Crippen MR) is 118 cm³/mol. The van der Waals surface area contributed by atoms with E-state index in [4.69, 9.17) is 19.8 Å². The highest BCUT2D eigenvalue weighted by Gasteiger charge is 2.27. The van der Waals surface area contributed by atoms with Crippen LogP contribution < -0.4 is 10.2 Å². The minimum absolute atomic E-state index is 0.390. The van der Waals surface area contributed by atoms with Gasteiger partial charge in [-0.2, -0.15) is 10.1 Å². The van der Waals surface area contributed by atoms with Crippen molar-refractivity contribution in [2.45, 2.75) is 32.9 Å². The lowest BCUT2D eigenvalue weighted by Crippen LogP contribution is -2.35. The third-order valence-electron chi connectivity index (χ3n) is 5.64. The third kappa shape index (κ3) is 4.08. The summed E-state index contributed by atoms with van der Waals surface area (Å²) < 4.78 is 7.19. The Kier molecular flexibility index (Phi) is 5.83. The van der Waals surface area contributed by atoms with Crippen LogP contribution in [0.2, 0.25) is 0 Å². The van der Waals surface area contributed by atoms with Crippen molar-refractivity contribution in [3.05, 3.63) is 29.6 Å². The highest BCUT2D eigenvalue weighted by atomic mass is 16.5. The van der Waals surface area contributed by atoms with Crippen molar-refractivity contribution in [3.8, 4) is 0 Å². The van der Waals surface area contributed by atoms with Crippen molar-refractivity contribution in [3.63, 3.8) is 0 Å². The number of ether oxygens (including phenoxy) is 1. The Hall–Kier alpha value is -2.78. The molecule has 9 nitrogen and oxygen atoms in total. The summed E-state index contributed by atoms with van der Waals surface area (Å²) in [6.45, 7) is 7.32. The number of likely N-dealkylation sites (tertiary alicyclic amines) is 1. The molecule has 0 amide bonds. The number of nitrogens with one attached hydrogen (secondary N) is 1. The normalized spacial score (nSPS) is 17.0. The lowest BCUT2D eigenvalue weighted by Gasteiger charge is -2.25. The second kappa shape index (κ2) is 8.53. The fourth-order valence-corrected chi connectivity index (χ4v) is 3.92. The molecule has 9 heteroatoms. The van der Waals surface area contributed by atoms with Crippen molar-refractivity contribution < 1.29 is 4.74 Å². The van der Waals surface area contributed by atoms with Crippen LogP contribution in [0.1, 0.15) is 17.7 Å². The van der Waals surface area contributed by atoms with E-state index in [1.54, 1.807) is 13.3 Å². The van der Waals surface area contributed by atoms with Crippen molar-refractivity contribution in [2.24, 2.45) is 0 Å². The number of pyridine rings is 1. The first-order chi connectivity index (χ1) is 14.5. The molecule has 1 N–H and O–H groups in total. The molecule has 1 atom stereocenters. The molecule has 0 saturated carbocycles. The molecule has 1 aliphatic rings. The molecule has 30 heavy (non-hydrogen) atoms. The summed E-state index contributed by atoms with van der Waals surface area (Å²) in [7, 11) is 5.92. The van der Waals surface area contributed by atoms with Crippen LogP contribution in [0.4, 0.5) is 17.6 Å². The standard InChI is InChI=1S/C21H30N8O/c1-14-6-8-22-17(12-14)23-20-19-18(15(2)26-29(19)10-11-30-5)24-21(25-20)28(4)16-7-9-27(3)13-16/h6,8,12,16H,7,9-11,13H2,1-5H3,(H,22,23,24,25)/t16-/m1/s1. The molecule has 1 fully saturated rings. The molecule has 0 spiro atoms. The van der Waals surface area contributed by atoms with Gasteiger partial charge in [0.15, 0.2) is 5.82 Å². The number of likely N-dealkylation sites (N-methyl/N-ethyl adjacent to an activating group) is 2. The van der Waals surface area contributed by atoms with E-state index in [0.29, 0.717) is 31.0 Å². The van der Waals surface area contributed by atoms with Crippen LogP contribution in [0.15, 0.2) is 18.3 Å². The van der Waals surface area contributed by atoms with E-state index >= 15 is 0 Å². The van der Waals surface area contributed by atoms with Gasteiger partial charge >= 0.3 is 0 Å². The molecule has 0 unspecified atom stereocenters. The molecule has 1 saturated heterocycles. The number of hydrogen-bond acceptors (Lipinski definition) is 8. The number of aromatic nitrogens is 5. The quantitative estimate of drug-likeness (QED) is 0.636. The van der Waals surface area contributed by atoms with E-state index in [2.05, 4.69) is 34.2 Å². The van der Waals surface area contributed by atoms with Crippen LogP contribution in [0.3, 0.4) is 0 Å². The number of anilines is 3. The van der Waals surface area contributed by atoms with Gasteiger partial charge in [-0.1, -0.05) is 0 Å². The minimum atomic E-state index is 0.390. The smallest absolute Gasteiger partial charge is 0.228 e. The second-order valence-electron chi connectivity index (χ2n) is 8.03. The highest BCUT2D eigenvalue weighted by molar-refractivity contribution is 5.90. The van der Waals surface area contributed by atoms with Crippen LogP contribution in [0.5, 0.6) is 0 Å². The Morgan fingerprint density at radius 2 is 2.13 bits per heavy atom. The monoisotopic (exact) mass is 410 g/mol. The Bertz CT molecular complexity index is 1030. The molecule has 3 aromatic rings. The molecule has 0 aliphatic carbocycles. The van der Waals surface area contributed by atoms with Crippen molar-refractivity contribution >= 4 is 28.6 Å². The molecule has 3 aromatic heterocycles. The predicted octanol–water partition coefficient (Wildman–Crippen LogP) is 2.37. The van der Waals surface area contributed by atoms with Gasteiger partial charge < -0.3 is 19.9 Å². The lowest BCUT2D eigenvalue weighted by atomic mass is 10.2. The molecule has 1 aliphatic heterocycles. The summed E-state index contributed by atoms with van der Waals surface area (Å²) >= 11 is 0. The van der Waals surface area contributed by atoms with Gasteiger partial charge in [0.25, 0.3) is 0 Å². The first-order valence-corrected chi connectivity index (χ1v) is 10.3. The number of hydrogen-bond donors (Lipinski definition) is 1. The fourth-order valence-electron chi connectivity index (χ4n) is 3.92. The van der Waals surface area contributed by atoms with Gasteiger partial charge in [0.05, 0.1) is 18.8 Å². The molecular formula is C21H30N8O. The Balaban J connectivity index is 1.79. The fraction of sp³-hybridized carbons (Fsp3) is 0.524. The third-order valence-corrected chi connectivity index (χ3v) is 5.64. The van der Waals surface area contributed by atoms with Crippen molar-refractivity contribution in [1.29, 1.82) is 0 Å². The van der Waals surface area contributed by atoms with Gasteiger partial charge in [-0.15, -0.1) is 0 Å². The number of methoxy groups -OCH3 is 1. The van der Waals surface area contributed by atoms with E-state index in [9.17, 15) is 0 Å². The number of fused-ring (bicyclic) bond motifs is 1. The van der Waals surface area contributed by atoms with E-state index in [1.165, 1.54) is 0 Å². The Morgan fingerprint density at radius 1 is 1.30 bits per heavy atom. The second-order valence-corrected chi connectivity index (χ2v) is 8.03. The van der Waals surface area contributed by atoms with Gasteiger partial charge in [0, 0.05) is 32.9 Å². The molecule has 0 bridgehead atoms. The summed E-state index contributed by atoms with van der Waals surface area (Å²) in [6, 6.07) is 4.37. The topological polar surface area (TPSA) is 84.2 Å². The van der Waals surface area contributed by atoms with Crippen molar-refractivity contribution in [2.75, 3.05) is 51.1 Å². The molecule has 0 radical (unpaired) electrons. The average molecular weight is 411 g/mol. The van der Waals surface area contributed by atoms with E-state index in [0.717, 1.165) is 47.6 Å². The maximum atomic E-state index is 5.27. The maximum Gasteiger partial charge on any atom is 0.228 e. The molecule has 0 aromatic carbocycles. The van der Waals surface area contributed by atoms with Crippen LogP contribution in [0.25, 0.3) is 11.0 Å². The number of rotatable bonds is 7. The highest BCUT2D eigenvalue weighted by Crippen LogP contribution is 2.29. The summed E-state index contributed by atoms with van der Waals surface area (Å²) in [5, 5.41) is 8.12. The zero-order valence-electron chi connectivity index (χ0n) is 18.4. The van der Waals surface area contributed by atoms with E-state index < -0.39 is 0 Å². The molecule has 160 valence electrons. The first-order valence-electron chi connectivity index (χ1n) is 10.3. The minimum Gasteiger partial charge on any atom is -0.383 e. The summed E-state index contributed by atoms with van der Waals surface area (Å²) in [4.78, 5) is 18.8. The Labute approximate surface area is 177 Å². The number of nitrogens with zero attached hydrogens (tertiary/aromatic N) is 7. The zero-order chi connectivity index (χ0) is 21.3. The SMILES string of the molecule is COCCn1nc(C)c2nc(N(C)[C@@H]3CCN(C)C3)nc(Nc3cc(C)ccn3)c21. The van der Waals surface area contributed by atoms with Crippen molar-refractivity contribution in [1.82, 2.24) is 29.6 Å². The van der Waals surface area contributed by atoms with Gasteiger partial charge in [-0.05, 0) is 51.6 Å². The molecule has 4 rings (SSSR count). The summed E-state index contributed by atoms with van der Waals surface area (Å²) in [5.41, 5.74) is 3.73.